The van der Waals surface area contributed by atoms with Crippen LogP contribution in [-0.4, -0.2) is 47.0 Å². The summed E-state index contributed by atoms with van der Waals surface area (Å²) in [5.74, 6) is 2.99. The summed E-state index contributed by atoms with van der Waals surface area (Å²) in [5, 5.41) is 14.8. The van der Waals surface area contributed by atoms with E-state index >= 15 is 0 Å². The average Bonchev–Trinajstić information content (AvgIpc) is 3.25. The number of hydrogen-bond acceptors (Lipinski definition) is 5. The van der Waals surface area contributed by atoms with Crippen molar-refractivity contribution in [1.29, 1.82) is 0 Å². The number of methoxy groups -OCH3 is 1. The lowest BCUT2D eigenvalue weighted by Crippen LogP contribution is -2.41. The summed E-state index contributed by atoms with van der Waals surface area (Å²) in [6.45, 7) is 5.77. The van der Waals surface area contributed by atoms with Crippen molar-refractivity contribution < 1.29 is 9.47 Å². The number of benzene rings is 2. The number of nitrogens with one attached hydrogen (secondary N) is 2. The van der Waals surface area contributed by atoms with Gasteiger partial charge >= 0.3 is 0 Å². The SMILES string of the molecule is CCNC(=NCc1nncn1-c1ccccc1)NCC(C)Oc1cccc(OC)c1. The van der Waals surface area contributed by atoms with Crippen LogP contribution in [-0.2, 0) is 6.54 Å². The van der Waals surface area contributed by atoms with E-state index in [9.17, 15) is 0 Å². The molecule has 1 atom stereocenters. The zero-order valence-corrected chi connectivity index (χ0v) is 17.6. The van der Waals surface area contributed by atoms with Gasteiger partial charge in [0.25, 0.3) is 0 Å². The molecule has 0 fully saturated rings. The van der Waals surface area contributed by atoms with Gasteiger partial charge in [0.1, 0.15) is 30.5 Å². The maximum atomic E-state index is 5.96. The van der Waals surface area contributed by atoms with E-state index in [1.165, 1.54) is 0 Å². The molecule has 3 rings (SSSR count). The summed E-state index contributed by atoms with van der Waals surface area (Å²) in [6, 6.07) is 17.5. The third-order valence-corrected chi connectivity index (χ3v) is 4.31. The van der Waals surface area contributed by atoms with Gasteiger partial charge in [0.2, 0.25) is 0 Å². The second-order valence-electron chi connectivity index (χ2n) is 6.64. The van der Waals surface area contributed by atoms with Crippen LogP contribution in [0.15, 0.2) is 65.9 Å². The average molecular weight is 409 g/mol. The minimum atomic E-state index is -0.0612. The number of guanidine groups is 1. The van der Waals surface area contributed by atoms with Gasteiger partial charge in [-0.25, -0.2) is 4.99 Å². The van der Waals surface area contributed by atoms with E-state index in [0.717, 1.165) is 29.6 Å². The first-order valence-corrected chi connectivity index (χ1v) is 9.96. The summed E-state index contributed by atoms with van der Waals surface area (Å²) in [4.78, 5) is 4.64. The highest BCUT2D eigenvalue weighted by molar-refractivity contribution is 5.79. The molecule has 0 saturated carbocycles. The lowest BCUT2D eigenvalue weighted by atomic mass is 10.3. The van der Waals surface area contributed by atoms with Gasteiger partial charge in [0, 0.05) is 18.3 Å². The van der Waals surface area contributed by atoms with E-state index in [4.69, 9.17) is 9.47 Å². The summed E-state index contributed by atoms with van der Waals surface area (Å²) in [7, 11) is 1.64. The number of rotatable bonds is 9. The third kappa shape index (κ3) is 5.97. The Hall–Kier alpha value is -3.55. The second-order valence-corrected chi connectivity index (χ2v) is 6.64. The molecule has 0 aliphatic rings. The fraction of sp³-hybridized carbons (Fsp3) is 0.318. The molecule has 0 amide bonds. The molecule has 0 aliphatic heterocycles. The van der Waals surface area contributed by atoms with Gasteiger partial charge in [0.05, 0.1) is 13.7 Å². The maximum absolute atomic E-state index is 5.96. The maximum Gasteiger partial charge on any atom is 0.191 e. The van der Waals surface area contributed by atoms with E-state index in [1.54, 1.807) is 13.4 Å². The topological polar surface area (TPSA) is 85.6 Å². The molecule has 0 radical (unpaired) electrons. The number of ether oxygens (including phenoxy) is 2. The smallest absolute Gasteiger partial charge is 0.191 e. The van der Waals surface area contributed by atoms with Crippen molar-refractivity contribution in [3.8, 4) is 17.2 Å². The first-order chi connectivity index (χ1) is 14.7. The first kappa shape index (κ1) is 21.2. The van der Waals surface area contributed by atoms with Crippen molar-refractivity contribution in [2.75, 3.05) is 20.2 Å². The van der Waals surface area contributed by atoms with E-state index in [-0.39, 0.29) is 6.10 Å². The molecule has 158 valence electrons. The van der Waals surface area contributed by atoms with Gasteiger partial charge in [-0.15, -0.1) is 10.2 Å². The van der Waals surface area contributed by atoms with Gasteiger partial charge < -0.3 is 20.1 Å². The molecule has 0 saturated heterocycles. The molecule has 0 bridgehead atoms. The lowest BCUT2D eigenvalue weighted by molar-refractivity contribution is 0.223. The number of hydrogen-bond donors (Lipinski definition) is 2. The highest BCUT2D eigenvalue weighted by atomic mass is 16.5. The molecule has 8 heteroatoms. The van der Waals surface area contributed by atoms with Crippen LogP contribution >= 0.6 is 0 Å². The third-order valence-electron chi connectivity index (χ3n) is 4.31. The molecule has 8 nitrogen and oxygen atoms in total. The predicted molar refractivity (Wildman–Crippen MR) is 117 cm³/mol. The van der Waals surface area contributed by atoms with E-state index in [1.807, 2.05) is 73.0 Å². The van der Waals surface area contributed by atoms with Gasteiger partial charge in [-0.2, -0.15) is 0 Å². The number of aliphatic imine (C=N–C) groups is 1. The van der Waals surface area contributed by atoms with Crippen LogP contribution in [0, 0.1) is 0 Å². The molecular formula is C22H28N6O2. The Bertz CT molecular complexity index is 942. The van der Waals surface area contributed by atoms with Crippen molar-refractivity contribution in [2.45, 2.75) is 26.5 Å². The first-order valence-electron chi connectivity index (χ1n) is 9.96. The Kier molecular flexibility index (Phi) is 7.65. The molecular weight excluding hydrogens is 380 g/mol. The quantitative estimate of drug-likeness (QED) is 0.418. The van der Waals surface area contributed by atoms with Gasteiger partial charge in [-0.3, -0.25) is 4.57 Å². The van der Waals surface area contributed by atoms with Gasteiger partial charge in [-0.05, 0) is 38.1 Å². The van der Waals surface area contributed by atoms with Crippen LogP contribution in [0.4, 0.5) is 0 Å². The lowest BCUT2D eigenvalue weighted by Gasteiger charge is -2.18. The Morgan fingerprint density at radius 2 is 1.90 bits per heavy atom. The van der Waals surface area contributed by atoms with Gasteiger partial charge in [0.15, 0.2) is 11.8 Å². The Morgan fingerprint density at radius 3 is 2.67 bits per heavy atom. The van der Waals surface area contributed by atoms with Crippen LogP contribution in [0.2, 0.25) is 0 Å². The zero-order chi connectivity index (χ0) is 21.2. The van der Waals surface area contributed by atoms with Crippen LogP contribution in [0.3, 0.4) is 0 Å². The minimum absolute atomic E-state index is 0.0612. The Balaban J connectivity index is 1.59. The van der Waals surface area contributed by atoms with Crippen LogP contribution in [0.5, 0.6) is 11.5 Å². The van der Waals surface area contributed by atoms with Crippen molar-refractivity contribution in [3.05, 3.63) is 66.7 Å². The summed E-state index contributed by atoms with van der Waals surface area (Å²) < 4.78 is 13.1. The van der Waals surface area contributed by atoms with Crippen molar-refractivity contribution in [2.24, 2.45) is 4.99 Å². The highest BCUT2D eigenvalue weighted by Crippen LogP contribution is 2.19. The van der Waals surface area contributed by atoms with Crippen molar-refractivity contribution in [3.63, 3.8) is 0 Å². The molecule has 2 N–H and O–H groups in total. The van der Waals surface area contributed by atoms with E-state index in [2.05, 4.69) is 25.8 Å². The Morgan fingerprint density at radius 1 is 1.10 bits per heavy atom. The van der Waals surface area contributed by atoms with Crippen LogP contribution in [0.25, 0.3) is 5.69 Å². The van der Waals surface area contributed by atoms with Crippen LogP contribution in [0.1, 0.15) is 19.7 Å². The fourth-order valence-electron chi connectivity index (χ4n) is 2.85. The summed E-state index contributed by atoms with van der Waals surface area (Å²) >= 11 is 0. The number of aromatic nitrogens is 3. The number of nitrogens with zero attached hydrogens (tertiary/aromatic N) is 4. The van der Waals surface area contributed by atoms with Crippen molar-refractivity contribution in [1.82, 2.24) is 25.4 Å². The molecule has 0 aliphatic carbocycles. The zero-order valence-electron chi connectivity index (χ0n) is 17.6. The standard InChI is InChI=1S/C22H28N6O2/c1-4-23-22(24-14-17(2)30-20-12-8-11-19(13-20)29-3)25-15-21-27-26-16-28(21)18-9-6-5-7-10-18/h5-13,16-17H,4,14-15H2,1-3H3,(H2,23,24,25). The molecule has 30 heavy (non-hydrogen) atoms. The molecule has 0 spiro atoms. The summed E-state index contributed by atoms with van der Waals surface area (Å²) in [6.07, 6.45) is 1.64. The Labute approximate surface area is 177 Å². The minimum Gasteiger partial charge on any atom is -0.497 e. The second kappa shape index (κ2) is 10.8. The molecule has 1 unspecified atom stereocenters. The van der Waals surface area contributed by atoms with E-state index in [0.29, 0.717) is 19.0 Å². The molecule has 1 aromatic heterocycles. The highest BCUT2D eigenvalue weighted by Gasteiger charge is 2.09. The molecule has 2 aromatic carbocycles. The monoisotopic (exact) mass is 408 g/mol. The fourth-order valence-corrected chi connectivity index (χ4v) is 2.85. The van der Waals surface area contributed by atoms with Crippen LogP contribution < -0.4 is 20.1 Å². The largest absolute Gasteiger partial charge is 0.497 e. The number of para-hydroxylation sites is 1. The predicted octanol–water partition coefficient (Wildman–Crippen LogP) is 2.80. The van der Waals surface area contributed by atoms with Gasteiger partial charge in [-0.1, -0.05) is 24.3 Å². The van der Waals surface area contributed by atoms with E-state index < -0.39 is 0 Å². The van der Waals surface area contributed by atoms with Crippen molar-refractivity contribution >= 4 is 5.96 Å². The molecule has 3 aromatic rings. The molecule has 1 heterocycles. The summed E-state index contributed by atoms with van der Waals surface area (Å²) in [5.41, 5.74) is 1.01. The normalized spacial score (nSPS) is 12.3.